The fourth-order valence-electron chi connectivity index (χ4n) is 2.90. The molecular formula is C18H26ClN3O3. The highest BCUT2D eigenvalue weighted by atomic mass is 35.5. The van der Waals surface area contributed by atoms with Crippen LogP contribution in [-0.2, 0) is 4.74 Å². The van der Waals surface area contributed by atoms with Crippen LogP contribution in [0.2, 0.25) is 5.15 Å². The molecule has 6 nitrogen and oxygen atoms in total. The van der Waals surface area contributed by atoms with Gasteiger partial charge < -0.3 is 14.5 Å². The summed E-state index contributed by atoms with van der Waals surface area (Å²) < 4.78 is 5.51. The summed E-state index contributed by atoms with van der Waals surface area (Å²) in [6, 6.07) is 3.27. The highest BCUT2D eigenvalue weighted by molar-refractivity contribution is 6.32. The van der Waals surface area contributed by atoms with Crippen LogP contribution in [0.25, 0.3) is 0 Å². The Balaban J connectivity index is 2.06. The molecule has 0 aromatic carbocycles. The summed E-state index contributed by atoms with van der Waals surface area (Å²) in [6.45, 7) is 6.64. The van der Waals surface area contributed by atoms with E-state index < -0.39 is 5.60 Å². The largest absolute Gasteiger partial charge is 0.444 e. The quantitative estimate of drug-likeness (QED) is 0.766. The molecule has 1 aliphatic heterocycles. The summed E-state index contributed by atoms with van der Waals surface area (Å²) in [7, 11) is 1.72. The van der Waals surface area contributed by atoms with Crippen LogP contribution in [0, 0.1) is 0 Å². The second-order valence-corrected chi connectivity index (χ2v) is 7.71. The number of hydrogen-bond acceptors (Lipinski definition) is 4. The predicted molar refractivity (Wildman–Crippen MR) is 96.8 cm³/mol. The first kappa shape index (κ1) is 19.5. The fourth-order valence-corrected chi connectivity index (χ4v) is 3.10. The SMILES string of the molecule is CN(CC1CCCCN1C(=O)OC(C)(C)C)C(=O)c1cccnc1Cl. The molecule has 1 fully saturated rings. The van der Waals surface area contributed by atoms with Gasteiger partial charge in [-0.2, -0.15) is 0 Å². The monoisotopic (exact) mass is 367 g/mol. The summed E-state index contributed by atoms with van der Waals surface area (Å²) >= 11 is 6.01. The van der Waals surface area contributed by atoms with Crippen molar-refractivity contribution in [2.24, 2.45) is 0 Å². The average molecular weight is 368 g/mol. The van der Waals surface area contributed by atoms with Crippen molar-refractivity contribution in [3.63, 3.8) is 0 Å². The van der Waals surface area contributed by atoms with E-state index in [4.69, 9.17) is 16.3 Å². The van der Waals surface area contributed by atoms with Crippen molar-refractivity contribution in [3.8, 4) is 0 Å². The zero-order valence-corrected chi connectivity index (χ0v) is 16.0. The van der Waals surface area contributed by atoms with E-state index in [1.807, 2.05) is 20.8 Å². The van der Waals surface area contributed by atoms with E-state index in [9.17, 15) is 9.59 Å². The normalized spacial score (nSPS) is 18.0. The van der Waals surface area contributed by atoms with Gasteiger partial charge in [-0.05, 0) is 52.2 Å². The highest BCUT2D eigenvalue weighted by Gasteiger charge is 2.32. The number of piperidine rings is 1. The van der Waals surface area contributed by atoms with Gasteiger partial charge in [0.2, 0.25) is 0 Å². The number of amides is 2. The lowest BCUT2D eigenvalue weighted by Crippen LogP contribution is -2.51. The molecule has 0 bridgehead atoms. The van der Waals surface area contributed by atoms with Crippen LogP contribution >= 0.6 is 11.6 Å². The Morgan fingerprint density at radius 2 is 2.12 bits per heavy atom. The van der Waals surface area contributed by atoms with Crippen molar-refractivity contribution >= 4 is 23.6 Å². The Morgan fingerprint density at radius 3 is 2.76 bits per heavy atom. The van der Waals surface area contributed by atoms with E-state index >= 15 is 0 Å². The minimum Gasteiger partial charge on any atom is -0.444 e. The third-order valence-corrected chi connectivity index (χ3v) is 4.38. The molecule has 7 heteroatoms. The van der Waals surface area contributed by atoms with Gasteiger partial charge in [0.1, 0.15) is 10.8 Å². The molecule has 1 aromatic rings. The van der Waals surface area contributed by atoms with Gasteiger partial charge in [0, 0.05) is 26.3 Å². The van der Waals surface area contributed by atoms with Crippen molar-refractivity contribution < 1.29 is 14.3 Å². The van der Waals surface area contributed by atoms with Gasteiger partial charge in [-0.15, -0.1) is 0 Å². The number of likely N-dealkylation sites (tertiary alicyclic amines) is 1. The molecule has 1 unspecified atom stereocenters. The maximum atomic E-state index is 12.6. The van der Waals surface area contributed by atoms with Crippen molar-refractivity contribution in [2.75, 3.05) is 20.1 Å². The van der Waals surface area contributed by atoms with Gasteiger partial charge >= 0.3 is 6.09 Å². The number of ether oxygens (including phenoxy) is 1. The van der Waals surface area contributed by atoms with Gasteiger partial charge in [-0.25, -0.2) is 9.78 Å². The zero-order chi connectivity index (χ0) is 18.6. The standard InChI is InChI=1S/C18H26ClN3O3/c1-18(2,3)25-17(24)22-11-6-5-8-13(22)12-21(4)16(23)14-9-7-10-20-15(14)19/h7,9-10,13H,5-6,8,11-12H2,1-4H3. The molecule has 25 heavy (non-hydrogen) atoms. The highest BCUT2D eigenvalue weighted by Crippen LogP contribution is 2.22. The summed E-state index contributed by atoms with van der Waals surface area (Å²) in [5, 5.41) is 0.187. The maximum Gasteiger partial charge on any atom is 0.410 e. The van der Waals surface area contributed by atoms with E-state index in [1.54, 1.807) is 35.2 Å². The number of likely N-dealkylation sites (N-methyl/N-ethyl adjacent to an activating group) is 1. The number of rotatable bonds is 3. The lowest BCUT2D eigenvalue weighted by Gasteiger charge is -2.38. The molecule has 1 atom stereocenters. The number of aromatic nitrogens is 1. The molecule has 0 saturated carbocycles. The van der Waals surface area contributed by atoms with E-state index in [0.29, 0.717) is 18.7 Å². The van der Waals surface area contributed by atoms with Crippen LogP contribution in [-0.4, -0.2) is 58.6 Å². The van der Waals surface area contributed by atoms with Crippen molar-refractivity contribution in [2.45, 2.75) is 51.7 Å². The summed E-state index contributed by atoms with van der Waals surface area (Å²) in [4.78, 5) is 32.4. The molecule has 0 spiro atoms. The Morgan fingerprint density at radius 1 is 1.40 bits per heavy atom. The Kier molecular flexibility index (Phi) is 6.27. The van der Waals surface area contributed by atoms with Gasteiger partial charge in [-0.3, -0.25) is 4.79 Å². The fraction of sp³-hybridized carbons (Fsp3) is 0.611. The minimum atomic E-state index is -0.538. The molecule has 2 heterocycles. The first-order valence-corrected chi connectivity index (χ1v) is 8.92. The number of halogens is 1. The third kappa shape index (κ3) is 5.33. The van der Waals surface area contributed by atoms with E-state index in [-0.39, 0.29) is 23.2 Å². The number of carbonyl (C=O) groups is 2. The smallest absolute Gasteiger partial charge is 0.410 e. The van der Waals surface area contributed by atoms with Crippen molar-refractivity contribution in [1.29, 1.82) is 0 Å². The second kappa shape index (κ2) is 8.04. The zero-order valence-electron chi connectivity index (χ0n) is 15.3. The first-order valence-electron chi connectivity index (χ1n) is 8.54. The predicted octanol–water partition coefficient (Wildman–Crippen LogP) is 3.60. The van der Waals surface area contributed by atoms with Crippen LogP contribution < -0.4 is 0 Å². The maximum absolute atomic E-state index is 12.6. The van der Waals surface area contributed by atoms with Crippen molar-refractivity contribution in [3.05, 3.63) is 29.0 Å². The molecule has 0 aliphatic carbocycles. The number of pyridine rings is 1. The van der Waals surface area contributed by atoms with Crippen LogP contribution in [0.5, 0.6) is 0 Å². The number of carbonyl (C=O) groups excluding carboxylic acids is 2. The summed E-state index contributed by atoms with van der Waals surface area (Å²) in [5.74, 6) is -0.201. The second-order valence-electron chi connectivity index (χ2n) is 7.35. The van der Waals surface area contributed by atoms with Gasteiger partial charge in [0.05, 0.1) is 11.6 Å². The Labute approximate surface area is 154 Å². The van der Waals surface area contributed by atoms with E-state index in [1.165, 1.54) is 0 Å². The summed E-state index contributed by atoms with van der Waals surface area (Å²) in [6.07, 6.45) is 4.04. The van der Waals surface area contributed by atoms with Crippen molar-refractivity contribution in [1.82, 2.24) is 14.8 Å². The molecule has 2 rings (SSSR count). The first-order chi connectivity index (χ1) is 11.7. The lowest BCUT2D eigenvalue weighted by molar-refractivity contribution is 0.00604. The number of hydrogen-bond donors (Lipinski definition) is 0. The Hall–Kier alpha value is -1.82. The van der Waals surface area contributed by atoms with Gasteiger partial charge in [0.15, 0.2) is 0 Å². The van der Waals surface area contributed by atoms with E-state index in [2.05, 4.69) is 4.98 Å². The van der Waals surface area contributed by atoms with Crippen LogP contribution in [0.1, 0.15) is 50.4 Å². The molecule has 0 radical (unpaired) electrons. The molecule has 138 valence electrons. The van der Waals surface area contributed by atoms with Gasteiger partial charge in [-0.1, -0.05) is 11.6 Å². The third-order valence-electron chi connectivity index (χ3n) is 4.08. The average Bonchev–Trinajstić information content (AvgIpc) is 2.53. The number of nitrogens with zero attached hydrogens (tertiary/aromatic N) is 3. The van der Waals surface area contributed by atoms with Crippen LogP contribution in [0.4, 0.5) is 4.79 Å². The van der Waals surface area contributed by atoms with Gasteiger partial charge in [0.25, 0.3) is 5.91 Å². The Bertz CT molecular complexity index is 630. The molecule has 2 amide bonds. The van der Waals surface area contributed by atoms with Crippen LogP contribution in [0.15, 0.2) is 18.3 Å². The molecule has 1 saturated heterocycles. The van der Waals surface area contributed by atoms with Crippen LogP contribution in [0.3, 0.4) is 0 Å². The molecule has 1 aliphatic rings. The molecular weight excluding hydrogens is 342 g/mol. The molecule has 1 aromatic heterocycles. The topological polar surface area (TPSA) is 62.7 Å². The molecule has 0 N–H and O–H groups in total. The summed E-state index contributed by atoms with van der Waals surface area (Å²) in [5.41, 5.74) is -0.171. The lowest BCUT2D eigenvalue weighted by atomic mass is 10.0. The minimum absolute atomic E-state index is 0.0620. The van der Waals surface area contributed by atoms with E-state index in [0.717, 1.165) is 19.3 Å².